The van der Waals surface area contributed by atoms with E-state index in [0.717, 1.165) is 38.5 Å². The van der Waals surface area contributed by atoms with E-state index in [0.29, 0.717) is 6.42 Å². The largest absolute Gasteiger partial charge is 0.469 e. The van der Waals surface area contributed by atoms with Crippen LogP contribution in [0, 0.1) is 34.5 Å². The van der Waals surface area contributed by atoms with Gasteiger partial charge in [0.25, 0.3) is 0 Å². The van der Waals surface area contributed by atoms with Crippen LogP contribution in [0.25, 0.3) is 0 Å². The summed E-state index contributed by atoms with van der Waals surface area (Å²) < 4.78 is 11.4. The number of ether oxygens (including phenoxy) is 2. The van der Waals surface area contributed by atoms with Gasteiger partial charge in [-0.25, -0.2) is 0 Å². The van der Waals surface area contributed by atoms with Gasteiger partial charge in [-0.3, -0.25) is 9.59 Å². The number of carbonyl (C=O) groups excluding carboxylic acids is 2. The van der Waals surface area contributed by atoms with Crippen molar-refractivity contribution in [2.45, 2.75) is 70.0 Å². The molecule has 0 aromatic rings. The molecular weight excluding hydrogens is 320 g/mol. The molecule has 1 N–H and O–H groups in total. The van der Waals surface area contributed by atoms with Crippen LogP contribution >= 0.6 is 0 Å². The smallest absolute Gasteiger partial charge is 0.312 e. The molecule has 1 saturated heterocycles. The predicted molar refractivity (Wildman–Crippen MR) is 88.3 cm³/mol. The summed E-state index contributed by atoms with van der Waals surface area (Å²) in [6, 6.07) is 0. The van der Waals surface area contributed by atoms with E-state index in [1.54, 1.807) is 0 Å². The molecular formula is C20H28O5. The van der Waals surface area contributed by atoms with Gasteiger partial charge >= 0.3 is 11.9 Å². The van der Waals surface area contributed by atoms with Crippen molar-refractivity contribution in [3.8, 4) is 0 Å². The van der Waals surface area contributed by atoms with E-state index in [4.69, 9.17) is 9.47 Å². The minimum atomic E-state index is -0.683. The summed E-state index contributed by atoms with van der Waals surface area (Å²) in [6.07, 6.45) is 5.68. The maximum Gasteiger partial charge on any atom is 0.312 e. The molecule has 5 fully saturated rings. The Balaban J connectivity index is 1.73. The molecule has 5 nitrogen and oxygen atoms in total. The van der Waals surface area contributed by atoms with E-state index < -0.39 is 16.6 Å². The second-order valence-electron chi connectivity index (χ2n) is 9.80. The molecule has 25 heavy (non-hydrogen) atoms. The fourth-order valence-corrected chi connectivity index (χ4v) is 8.20. The van der Waals surface area contributed by atoms with Crippen molar-refractivity contribution in [3.05, 3.63) is 0 Å². The molecule has 4 bridgehead atoms. The first kappa shape index (κ1) is 16.1. The third-order valence-corrected chi connectivity index (χ3v) is 9.02. The summed E-state index contributed by atoms with van der Waals surface area (Å²) in [5.41, 5.74) is -2.07. The number of hydrogen-bond donors (Lipinski definition) is 1. The SMILES string of the molecule is COC(=O)[C@H]1[C@H]2[C@@]3(CCC[C@@]2(C)C(=O)O3)[C@@H]2CC[C@]3(O)C[C@@]21CC3C. The number of methoxy groups -OCH3 is 1. The highest BCUT2D eigenvalue weighted by atomic mass is 16.6. The van der Waals surface area contributed by atoms with Crippen molar-refractivity contribution >= 4 is 11.9 Å². The Bertz CT molecular complexity index is 675. The van der Waals surface area contributed by atoms with Crippen LogP contribution in [0.5, 0.6) is 0 Å². The summed E-state index contributed by atoms with van der Waals surface area (Å²) in [5.74, 6) is -0.427. The Labute approximate surface area is 148 Å². The Hall–Kier alpha value is -1.10. The second-order valence-corrected chi connectivity index (χ2v) is 9.80. The Morgan fingerprint density at radius 1 is 1.32 bits per heavy atom. The van der Waals surface area contributed by atoms with Gasteiger partial charge in [-0.1, -0.05) is 6.92 Å². The van der Waals surface area contributed by atoms with Crippen LogP contribution in [0.4, 0.5) is 0 Å². The number of esters is 2. The van der Waals surface area contributed by atoms with E-state index in [1.807, 2.05) is 6.92 Å². The number of fused-ring (bicyclic) bond motifs is 1. The first-order valence-electron chi connectivity index (χ1n) is 9.77. The molecule has 0 aromatic carbocycles. The maximum atomic E-state index is 13.0. The molecule has 0 radical (unpaired) electrons. The monoisotopic (exact) mass is 348 g/mol. The van der Waals surface area contributed by atoms with Crippen LogP contribution in [-0.4, -0.2) is 35.4 Å². The van der Waals surface area contributed by atoms with Crippen molar-refractivity contribution in [3.63, 3.8) is 0 Å². The van der Waals surface area contributed by atoms with E-state index in [9.17, 15) is 14.7 Å². The lowest BCUT2D eigenvalue weighted by Crippen LogP contribution is -2.48. The highest BCUT2D eigenvalue weighted by Crippen LogP contribution is 2.78. The number of carbonyl (C=O) groups is 2. The van der Waals surface area contributed by atoms with Crippen molar-refractivity contribution in [2.75, 3.05) is 7.11 Å². The summed E-state index contributed by atoms with van der Waals surface area (Å²) in [4.78, 5) is 25.8. The van der Waals surface area contributed by atoms with Crippen molar-refractivity contribution < 1.29 is 24.2 Å². The van der Waals surface area contributed by atoms with Gasteiger partial charge in [0.05, 0.1) is 24.0 Å². The van der Waals surface area contributed by atoms with Gasteiger partial charge in [0.2, 0.25) is 0 Å². The Morgan fingerprint density at radius 3 is 2.80 bits per heavy atom. The van der Waals surface area contributed by atoms with Gasteiger partial charge in [-0.05, 0) is 63.2 Å². The Kier molecular flexibility index (Phi) is 2.84. The molecule has 5 rings (SSSR count). The first-order chi connectivity index (χ1) is 11.7. The zero-order chi connectivity index (χ0) is 17.8. The number of hydrogen-bond acceptors (Lipinski definition) is 5. The van der Waals surface area contributed by atoms with Crippen LogP contribution in [-0.2, 0) is 19.1 Å². The summed E-state index contributed by atoms with van der Waals surface area (Å²) >= 11 is 0. The average Bonchev–Trinajstić information content (AvgIpc) is 2.95. The molecule has 4 aliphatic carbocycles. The lowest BCUT2D eigenvalue weighted by molar-refractivity contribution is -0.163. The maximum absolute atomic E-state index is 13.0. The molecule has 4 saturated carbocycles. The van der Waals surface area contributed by atoms with Gasteiger partial charge < -0.3 is 14.6 Å². The number of rotatable bonds is 1. The van der Waals surface area contributed by atoms with Gasteiger partial charge in [0, 0.05) is 11.8 Å². The summed E-state index contributed by atoms with van der Waals surface area (Å²) in [6.45, 7) is 4.10. The second kappa shape index (κ2) is 4.41. The molecule has 5 aliphatic rings. The minimum absolute atomic E-state index is 0.105. The highest BCUT2D eigenvalue weighted by Gasteiger charge is 2.83. The molecule has 1 aliphatic heterocycles. The third kappa shape index (κ3) is 1.53. The first-order valence-corrected chi connectivity index (χ1v) is 9.77. The normalized spacial score (nSPS) is 58.5. The molecule has 1 unspecified atom stereocenters. The summed E-state index contributed by atoms with van der Waals surface area (Å²) in [7, 11) is 1.45. The van der Waals surface area contributed by atoms with Crippen molar-refractivity contribution in [1.82, 2.24) is 0 Å². The van der Waals surface area contributed by atoms with Gasteiger partial charge in [0.15, 0.2) is 0 Å². The molecule has 1 spiro atoms. The van der Waals surface area contributed by atoms with Crippen LogP contribution < -0.4 is 0 Å². The fraction of sp³-hybridized carbons (Fsp3) is 0.900. The van der Waals surface area contributed by atoms with Gasteiger partial charge in [-0.15, -0.1) is 0 Å². The average molecular weight is 348 g/mol. The molecule has 0 amide bonds. The van der Waals surface area contributed by atoms with E-state index in [2.05, 4.69) is 6.92 Å². The van der Waals surface area contributed by atoms with Crippen molar-refractivity contribution in [2.24, 2.45) is 34.5 Å². The van der Waals surface area contributed by atoms with E-state index in [1.165, 1.54) is 7.11 Å². The van der Waals surface area contributed by atoms with Crippen LogP contribution in [0.2, 0.25) is 0 Å². The topological polar surface area (TPSA) is 72.8 Å². The lowest BCUT2D eigenvalue weighted by atomic mass is 9.60. The molecule has 8 atom stereocenters. The Morgan fingerprint density at radius 2 is 2.08 bits per heavy atom. The zero-order valence-electron chi connectivity index (χ0n) is 15.3. The predicted octanol–water partition coefficient (Wildman–Crippen LogP) is 2.45. The third-order valence-electron chi connectivity index (χ3n) is 9.02. The highest BCUT2D eigenvalue weighted by molar-refractivity contribution is 5.85. The van der Waals surface area contributed by atoms with Crippen LogP contribution in [0.15, 0.2) is 0 Å². The molecule has 1 heterocycles. The van der Waals surface area contributed by atoms with E-state index >= 15 is 0 Å². The fourth-order valence-electron chi connectivity index (χ4n) is 8.20. The quantitative estimate of drug-likeness (QED) is 0.737. The van der Waals surface area contributed by atoms with Gasteiger partial charge in [0.1, 0.15) is 5.60 Å². The minimum Gasteiger partial charge on any atom is -0.469 e. The van der Waals surface area contributed by atoms with Crippen LogP contribution in [0.3, 0.4) is 0 Å². The molecule has 5 heteroatoms. The molecule has 0 aromatic heterocycles. The number of aliphatic hydroxyl groups is 1. The van der Waals surface area contributed by atoms with Crippen LogP contribution in [0.1, 0.15) is 58.8 Å². The van der Waals surface area contributed by atoms with E-state index in [-0.39, 0.29) is 41.0 Å². The lowest BCUT2D eigenvalue weighted by Gasteiger charge is -2.45. The molecule has 138 valence electrons. The summed E-state index contributed by atoms with van der Waals surface area (Å²) in [5, 5.41) is 11.2. The zero-order valence-corrected chi connectivity index (χ0v) is 15.3. The van der Waals surface area contributed by atoms with Gasteiger partial charge in [-0.2, -0.15) is 0 Å². The standard InChI is InChI=1S/C20H28O5/c1-11-9-18-10-19(11,23)8-5-12(18)20-7-4-6-17(2,16(22)25-20)14(20)13(18)15(21)24-3/h11-14,23H,4-10H2,1-3H3/t11?,12-,13-,14-,17-,18+,19+,20-/m1/s1. The van der Waals surface area contributed by atoms with Crippen molar-refractivity contribution in [1.29, 1.82) is 0 Å².